The van der Waals surface area contributed by atoms with Gasteiger partial charge in [-0.25, -0.2) is 0 Å². The Kier molecular flexibility index (Phi) is 7.57. The van der Waals surface area contributed by atoms with Crippen molar-refractivity contribution in [1.82, 2.24) is 0 Å². The van der Waals surface area contributed by atoms with Crippen molar-refractivity contribution in [2.75, 3.05) is 6.61 Å². The lowest BCUT2D eigenvalue weighted by molar-refractivity contribution is -0.144. The number of ether oxygens (including phenoxy) is 1. The first kappa shape index (κ1) is 24.2. The topological polar surface area (TPSA) is 38.7 Å². The second-order valence-electron chi connectivity index (χ2n) is 8.77. The fraction of sp³-hybridized carbons (Fsp3) is 0.188. The summed E-state index contributed by atoms with van der Waals surface area (Å²) in [5.41, 5.74) is 6.05. The molecule has 0 aliphatic carbocycles. The van der Waals surface area contributed by atoms with Crippen LogP contribution in [-0.2, 0) is 15.1 Å². The lowest BCUT2D eigenvalue weighted by Gasteiger charge is -2.32. The summed E-state index contributed by atoms with van der Waals surface area (Å²) in [6.45, 7) is 6.28. The first-order chi connectivity index (χ1) is 17.0. The second kappa shape index (κ2) is 11.0. The van der Waals surface area contributed by atoms with E-state index in [4.69, 9.17) is 9.73 Å². The van der Waals surface area contributed by atoms with Crippen molar-refractivity contribution >= 4 is 11.7 Å². The molecular formula is C32H31NO2. The molecule has 0 heterocycles. The minimum absolute atomic E-state index is 0.0934. The highest BCUT2D eigenvalue weighted by atomic mass is 16.5. The van der Waals surface area contributed by atoms with Crippen molar-refractivity contribution in [2.45, 2.75) is 32.7 Å². The monoisotopic (exact) mass is 461 g/mol. The molecule has 0 atom stereocenters. The normalized spacial score (nSPS) is 11.1. The van der Waals surface area contributed by atoms with Crippen LogP contribution in [-0.4, -0.2) is 18.3 Å². The smallest absolute Gasteiger partial charge is 0.308 e. The van der Waals surface area contributed by atoms with Gasteiger partial charge in [-0.05, 0) is 31.9 Å². The minimum atomic E-state index is -0.964. The van der Waals surface area contributed by atoms with Crippen molar-refractivity contribution in [3.05, 3.63) is 143 Å². The highest BCUT2D eigenvalue weighted by Gasteiger charge is 2.38. The molecule has 0 saturated heterocycles. The second-order valence-corrected chi connectivity index (χ2v) is 8.77. The Morgan fingerprint density at radius 3 is 1.51 bits per heavy atom. The predicted octanol–water partition coefficient (Wildman–Crippen LogP) is 7.04. The van der Waals surface area contributed by atoms with E-state index < -0.39 is 5.54 Å². The van der Waals surface area contributed by atoms with Gasteiger partial charge in [0.05, 0.1) is 18.7 Å². The van der Waals surface area contributed by atoms with Gasteiger partial charge in [-0.2, -0.15) is 0 Å². The Labute approximate surface area is 208 Å². The number of carbonyl (C=O) groups is 1. The van der Waals surface area contributed by atoms with Crippen LogP contribution in [0.4, 0.5) is 0 Å². The molecule has 35 heavy (non-hydrogen) atoms. The first-order valence-corrected chi connectivity index (χ1v) is 12.0. The summed E-state index contributed by atoms with van der Waals surface area (Å²) in [4.78, 5) is 18.6. The number of aryl methyl sites for hydroxylation is 2. The maximum atomic E-state index is 13.1. The Balaban J connectivity index is 2.05. The Bertz CT molecular complexity index is 1190. The maximum absolute atomic E-state index is 13.1. The van der Waals surface area contributed by atoms with Crippen LogP contribution < -0.4 is 0 Å². The molecular weight excluding hydrogens is 430 g/mol. The number of benzene rings is 4. The summed E-state index contributed by atoms with van der Waals surface area (Å²) >= 11 is 0. The van der Waals surface area contributed by atoms with Gasteiger partial charge in [0.2, 0.25) is 0 Å². The summed E-state index contributed by atoms with van der Waals surface area (Å²) in [5.74, 6) is -0.280. The minimum Gasteiger partial charge on any atom is -0.466 e. The van der Waals surface area contributed by atoms with Crippen LogP contribution in [0.25, 0.3) is 0 Å². The summed E-state index contributed by atoms with van der Waals surface area (Å²) in [6, 6.07) is 36.9. The zero-order valence-electron chi connectivity index (χ0n) is 20.6. The van der Waals surface area contributed by atoms with Crippen molar-refractivity contribution in [1.29, 1.82) is 0 Å². The van der Waals surface area contributed by atoms with Crippen LogP contribution in [0.5, 0.6) is 0 Å². The van der Waals surface area contributed by atoms with Crippen molar-refractivity contribution < 1.29 is 9.53 Å². The van der Waals surface area contributed by atoms with E-state index in [9.17, 15) is 4.79 Å². The molecule has 0 aliphatic rings. The van der Waals surface area contributed by atoms with E-state index in [2.05, 4.69) is 86.6 Å². The zero-order chi connectivity index (χ0) is 24.7. The molecule has 0 aliphatic heterocycles. The molecule has 0 fully saturated rings. The predicted molar refractivity (Wildman–Crippen MR) is 143 cm³/mol. The zero-order valence-corrected chi connectivity index (χ0v) is 20.6. The number of carbonyl (C=O) groups excluding carboxylic acids is 1. The Morgan fingerprint density at radius 2 is 1.11 bits per heavy atom. The lowest BCUT2D eigenvalue weighted by atomic mass is 9.79. The van der Waals surface area contributed by atoms with E-state index in [1.54, 1.807) is 0 Å². The number of hydrogen-bond acceptors (Lipinski definition) is 3. The SMILES string of the molecule is CCOC(=O)CC(N=C(c1ccccc1)c1ccccc1)(c1ccc(C)cc1)c1ccc(C)cc1. The molecule has 0 spiro atoms. The summed E-state index contributed by atoms with van der Waals surface area (Å²) in [6.07, 6.45) is 0.0934. The third-order valence-corrected chi connectivity index (χ3v) is 6.16. The molecule has 0 N–H and O–H groups in total. The molecule has 0 unspecified atom stereocenters. The molecule has 4 aromatic carbocycles. The van der Waals surface area contributed by atoms with Gasteiger partial charge in [-0.3, -0.25) is 9.79 Å². The molecule has 4 rings (SSSR count). The van der Waals surface area contributed by atoms with Crippen molar-refractivity contribution in [3.8, 4) is 0 Å². The summed E-state index contributed by atoms with van der Waals surface area (Å²) in [7, 11) is 0. The van der Waals surface area contributed by atoms with Crippen LogP contribution in [0.15, 0.2) is 114 Å². The van der Waals surface area contributed by atoms with Crippen LogP contribution in [0.2, 0.25) is 0 Å². The van der Waals surface area contributed by atoms with Crippen LogP contribution in [0, 0.1) is 13.8 Å². The van der Waals surface area contributed by atoms with E-state index in [-0.39, 0.29) is 12.4 Å². The molecule has 176 valence electrons. The molecule has 0 radical (unpaired) electrons. The Hall–Kier alpha value is -3.98. The molecule has 4 aromatic rings. The molecule has 0 bridgehead atoms. The number of hydrogen-bond donors (Lipinski definition) is 0. The van der Waals surface area contributed by atoms with Gasteiger partial charge >= 0.3 is 5.97 Å². The number of aliphatic imine (C=N–C) groups is 1. The highest BCUT2D eigenvalue weighted by Crippen LogP contribution is 2.39. The van der Waals surface area contributed by atoms with Crippen molar-refractivity contribution in [2.24, 2.45) is 4.99 Å². The third kappa shape index (κ3) is 5.58. The van der Waals surface area contributed by atoms with E-state index in [1.807, 2.05) is 43.3 Å². The molecule has 3 nitrogen and oxygen atoms in total. The fourth-order valence-corrected chi connectivity index (χ4v) is 4.30. The quantitative estimate of drug-likeness (QED) is 0.209. The van der Waals surface area contributed by atoms with E-state index in [0.29, 0.717) is 6.61 Å². The van der Waals surface area contributed by atoms with E-state index >= 15 is 0 Å². The average Bonchev–Trinajstić information content (AvgIpc) is 2.89. The van der Waals surface area contributed by atoms with Gasteiger partial charge in [0.15, 0.2) is 0 Å². The van der Waals surface area contributed by atoms with Crippen LogP contribution in [0.1, 0.15) is 46.7 Å². The van der Waals surface area contributed by atoms with Crippen LogP contribution in [0.3, 0.4) is 0 Å². The molecule has 3 heteroatoms. The molecule has 0 saturated carbocycles. The Morgan fingerprint density at radius 1 is 0.686 bits per heavy atom. The molecule has 0 amide bonds. The van der Waals surface area contributed by atoms with Gasteiger partial charge in [0, 0.05) is 11.1 Å². The number of nitrogens with zero attached hydrogens (tertiary/aromatic N) is 1. The lowest BCUT2D eigenvalue weighted by Crippen LogP contribution is -2.31. The van der Waals surface area contributed by atoms with E-state index in [0.717, 1.165) is 39.1 Å². The maximum Gasteiger partial charge on any atom is 0.308 e. The number of esters is 1. The van der Waals surface area contributed by atoms with Gasteiger partial charge in [-0.1, -0.05) is 120 Å². The first-order valence-electron chi connectivity index (χ1n) is 12.0. The van der Waals surface area contributed by atoms with E-state index in [1.165, 1.54) is 0 Å². The third-order valence-electron chi connectivity index (χ3n) is 6.16. The largest absolute Gasteiger partial charge is 0.466 e. The summed E-state index contributed by atoms with van der Waals surface area (Å²) < 4.78 is 5.47. The fourth-order valence-electron chi connectivity index (χ4n) is 4.30. The standard InChI is InChI=1S/C32H31NO2/c1-4-35-30(34)23-32(28-19-15-24(2)16-20-28,29-21-17-25(3)18-22-29)33-31(26-11-7-5-8-12-26)27-13-9-6-10-14-27/h5-22H,4,23H2,1-3H3. The van der Waals surface area contributed by atoms with Gasteiger partial charge in [0.1, 0.15) is 5.54 Å². The number of rotatable bonds is 8. The van der Waals surface area contributed by atoms with Crippen molar-refractivity contribution in [3.63, 3.8) is 0 Å². The van der Waals surface area contributed by atoms with Gasteiger partial charge in [-0.15, -0.1) is 0 Å². The highest BCUT2D eigenvalue weighted by molar-refractivity contribution is 6.13. The van der Waals surface area contributed by atoms with Gasteiger partial charge in [0.25, 0.3) is 0 Å². The van der Waals surface area contributed by atoms with Gasteiger partial charge < -0.3 is 4.74 Å². The molecule has 0 aromatic heterocycles. The average molecular weight is 462 g/mol. The van der Waals surface area contributed by atoms with Crippen LogP contribution >= 0.6 is 0 Å². The summed E-state index contributed by atoms with van der Waals surface area (Å²) in [5, 5.41) is 0.